The van der Waals surface area contributed by atoms with E-state index < -0.39 is 0 Å². The average Bonchev–Trinajstić information content (AvgIpc) is 3.21. The summed E-state index contributed by atoms with van der Waals surface area (Å²) in [6, 6.07) is 23.5. The summed E-state index contributed by atoms with van der Waals surface area (Å²) >= 11 is 2.07. The number of nitrogens with zero attached hydrogens (tertiary/aromatic N) is 1. The minimum Gasteiger partial charge on any atom is -0.652 e. The molecule has 2 heterocycles. The standard InChI is InChI=1S/C25H22NOS.3CH3.Ti/c1-14-15(2)23(25-22(14)16-8-3-6-13-21(16)28-25)17-9-7-12-20-24(17)26-18-10-4-5-11-19(18)27-20;;;;/h3-15,22-23,25H,1-2H3;3*1H3;/q4*-1;+4. The van der Waals surface area contributed by atoms with Crippen LogP contribution in [0.4, 0.5) is 11.4 Å². The van der Waals surface area contributed by atoms with Crippen LogP contribution in [0.2, 0.25) is 0 Å². The molecule has 164 valence electrons. The molecule has 2 aliphatic heterocycles. The van der Waals surface area contributed by atoms with Crippen molar-refractivity contribution < 1.29 is 26.5 Å². The number of hydrogen-bond donors (Lipinski definition) is 0. The molecule has 4 heteroatoms. The van der Waals surface area contributed by atoms with E-state index in [1.165, 1.54) is 10.5 Å². The summed E-state index contributed by atoms with van der Waals surface area (Å²) in [4.78, 5) is 1.46. The monoisotopic (exact) mass is 477 g/mol. The van der Waals surface area contributed by atoms with E-state index >= 15 is 0 Å². The van der Waals surface area contributed by atoms with Crippen LogP contribution in [0.25, 0.3) is 5.32 Å². The molecule has 1 fully saturated rings. The van der Waals surface area contributed by atoms with E-state index in [1.807, 2.05) is 24.3 Å². The maximum absolute atomic E-state index is 6.21. The predicted molar refractivity (Wildman–Crippen MR) is 135 cm³/mol. The molecule has 0 amide bonds. The third-order valence-corrected chi connectivity index (χ3v) is 8.40. The molecule has 0 bridgehead atoms. The van der Waals surface area contributed by atoms with Crippen molar-refractivity contribution in [3.63, 3.8) is 0 Å². The van der Waals surface area contributed by atoms with Gasteiger partial charge >= 0.3 is 21.7 Å². The van der Waals surface area contributed by atoms with Gasteiger partial charge in [-0.3, -0.25) is 0 Å². The minimum atomic E-state index is 0. The minimum absolute atomic E-state index is 0. The first-order valence-electron chi connectivity index (χ1n) is 10.1. The number of benzene rings is 3. The van der Waals surface area contributed by atoms with Crippen LogP contribution >= 0.6 is 11.8 Å². The van der Waals surface area contributed by atoms with Crippen LogP contribution in [-0.4, -0.2) is 5.25 Å². The van der Waals surface area contributed by atoms with Gasteiger partial charge in [0.25, 0.3) is 0 Å². The summed E-state index contributed by atoms with van der Waals surface area (Å²) in [6.07, 6.45) is 0. The predicted octanol–water partition coefficient (Wildman–Crippen LogP) is 9.11. The first-order chi connectivity index (χ1) is 13.7. The van der Waals surface area contributed by atoms with E-state index in [0.717, 1.165) is 22.9 Å². The summed E-state index contributed by atoms with van der Waals surface area (Å²) in [5.74, 6) is 4.09. The molecular weight excluding hydrogens is 446 g/mol. The van der Waals surface area contributed by atoms with Gasteiger partial charge in [-0.15, -0.1) is 11.8 Å². The molecule has 0 saturated heterocycles. The fourth-order valence-electron chi connectivity index (χ4n) is 5.44. The topological polar surface area (TPSA) is 23.3 Å². The van der Waals surface area contributed by atoms with Gasteiger partial charge in [-0.05, 0) is 41.5 Å². The van der Waals surface area contributed by atoms with Crippen molar-refractivity contribution in [2.45, 2.75) is 35.8 Å². The second kappa shape index (κ2) is 10.1. The van der Waals surface area contributed by atoms with E-state index in [0.29, 0.717) is 28.9 Å². The van der Waals surface area contributed by atoms with Crippen molar-refractivity contribution in [3.8, 4) is 11.5 Å². The second-order valence-corrected chi connectivity index (χ2v) is 9.49. The molecule has 2 nitrogen and oxygen atoms in total. The molecule has 0 radical (unpaired) electrons. The molecule has 3 aliphatic rings. The Bertz CT molecular complexity index is 1080. The largest absolute Gasteiger partial charge is 4.00 e. The fraction of sp³-hybridized carbons (Fsp3) is 0.250. The van der Waals surface area contributed by atoms with E-state index in [2.05, 4.69) is 68.1 Å². The fourth-order valence-corrected chi connectivity index (χ4v) is 7.31. The van der Waals surface area contributed by atoms with Crippen LogP contribution in [0, 0.1) is 34.1 Å². The average molecular weight is 477 g/mol. The number of para-hydroxylation sites is 3. The Kier molecular flexibility index (Phi) is 8.37. The van der Waals surface area contributed by atoms with Crippen LogP contribution in [0.1, 0.15) is 36.8 Å². The Morgan fingerprint density at radius 2 is 1.31 bits per heavy atom. The molecule has 3 aromatic carbocycles. The van der Waals surface area contributed by atoms with Gasteiger partial charge in [-0.1, -0.05) is 79.3 Å². The van der Waals surface area contributed by atoms with Crippen molar-refractivity contribution in [2.75, 3.05) is 0 Å². The Hall–Kier alpha value is -1.68. The summed E-state index contributed by atoms with van der Waals surface area (Å²) in [5.41, 5.74) is 4.85. The zero-order valence-corrected chi connectivity index (χ0v) is 21.9. The molecular formula is C28H31NOSTi. The first-order valence-corrected chi connectivity index (χ1v) is 11.0. The van der Waals surface area contributed by atoms with Crippen LogP contribution in [0.15, 0.2) is 71.6 Å². The molecule has 1 saturated carbocycles. The summed E-state index contributed by atoms with van der Waals surface area (Å²) in [7, 11) is 0. The number of hydrogen-bond acceptors (Lipinski definition) is 2. The zero-order chi connectivity index (χ0) is 18.8. The van der Waals surface area contributed by atoms with Gasteiger partial charge in [0.2, 0.25) is 0 Å². The van der Waals surface area contributed by atoms with E-state index in [9.17, 15) is 0 Å². The van der Waals surface area contributed by atoms with Gasteiger partial charge in [0, 0.05) is 16.1 Å². The van der Waals surface area contributed by atoms with Crippen molar-refractivity contribution in [3.05, 3.63) is 105 Å². The molecule has 6 rings (SSSR count). The van der Waals surface area contributed by atoms with Gasteiger partial charge in [-0.25, -0.2) is 0 Å². The van der Waals surface area contributed by atoms with Crippen molar-refractivity contribution in [1.82, 2.24) is 0 Å². The molecule has 3 aromatic rings. The SMILES string of the molecule is CC1C(C)C(c2cccc3c2[N-]c2ccccc2O3)C2Sc3ccccc3C12.[CH3-].[CH3-].[CH3-].[Ti+4]. The van der Waals surface area contributed by atoms with Gasteiger partial charge in [0.1, 0.15) is 11.5 Å². The third kappa shape index (κ3) is 3.83. The quantitative estimate of drug-likeness (QED) is 0.202. The number of ether oxygens (including phenoxy) is 1. The summed E-state index contributed by atoms with van der Waals surface area (Å²) < 4.78 is 6.21. The summed E-state index contributed by atoms with van der Waals surface area (Å²) in [6.45, 7) is 4.86. The van der Waals surface area contributed by atoms with Gasteiger partial charge in [0.15, 0.2) is 0 Å². The van der Waals surface area contributed by atoms with E-state index in [1.54, 1.807) is 5.56 Å². The van der Waals surface area contributed by atoms with Crippen LogP contribution < -0.4 is 4.74 Å². The summed E-state index contributed by atoms with van der Waals surface area (Å²) in [5, 5.41) is 5.61. The maximum Gasteiger partial charge on any atom is 4.00 e. The van der Waals surface area contributed by atoms with E-state index in [-0.39, 0.29) is 44.0 Å². The van der Waals surface area contributed by atoms with Crippen LogP contribution in [0.3, 0.4) is 0 Å². The smallest absolute Gasteiger partial charge is 0.652 e. The molecule has 32 heavy (non-hydrogen) atoms. The van der Waals surface area contributed by atoms with Gasteiger partial charge < -0.3 is 32.3 Å². The second-order valence-electron chi connectivity index (χ2n) is 8.27. The Morgan fingerprint density at radius 3 is 2.09 bits per heavy atom. The molecule has 0 spiro atoms. The molecule has 5 atom stereocenters. The molecule has 0 aromatic heterocycles. The molecule has 5 unspecified atom stereocenters. The molecule has 0 N–H and O–H groups in total. The number of thioether (sulfide) groups is 1. The Morgan fingerprint density at radius 1 is 0.719 bits per heavy atom. The third-order valence-electron chi connectivity index (χ3n) is 6.92. The van der Waals surface area contributed by atoms with Gasteiger partial charge in [-0.2, -0.15) is 0 Å². The molecule has 1 aliphatic carbocycles. The maximum atomic E-state index is 6.21. The Labute approximate surface area is 213 Å². The Balaban J connectivity index is 0.000000907. The zero-order valence-electron chi connectivity index (χ0n) is 19.5. The van der Waals surface area contributed by atoms with Crippen molar-refractivity contribution in [1.29, 1.82) is 0 Å². The normalized spacial score (nSPS) is 25.5. The van der Waals surface area contributed by atoms with Crippen LogP contribution in [-0.2, 0) is 21.7 Å². The van der Waals surface area contributed by atoms with Gasteiger partial charge in [0.05, 0.1) is 0 Å². The van der Waals surface area contributed by atoms with Crippen molar-refractivity contribution >= 4 is 23.1 Å². The van der Waals surface area contributed by atoms with Crippen LogP contribution in [0.5, 0.6) is 11.5 Å². The van der Waals surface area contributed by atoms with E-state index in [4.69, 9.17) is 10.1 Å². The first kappa shape index (κ1) is 26.6. The number of rotatable bonds is 1. The number of fused-ring (bicyclic) bond motifs is 5. The van der Waals surface area contributed by atoms with Crippen molar-refractivity contribution in [2.24, 2.45) is 11.8 Å².